The minimum absolute atomic E-state index is 0.0270. The van der Waals surface area contributed by atoms with Crippen molar-refractivity contribution in [3.05, 3.63) is 47.2 Å². The Balaban J connectivity index is 2.31. The van der Waals surface area contributed by atoms with Crippen molar-refractivity contribution in [3.8, 4) is 0 Å². The second-order valence-corrected chi connectivity index (χ2v) is 4.02. The van der Waals surface area contributed by atoms with Gasteiger partial charge >= 0.3 is 5.97 Å². The molecule has 2 aromatic rings. The quantitative estimate of drug-likeness (QED) is 0.732. The number of nitrogens with one attached hydrogen (secondary N) is 2. The van der Waals surface area contributed by atoms with Crippen LogP contribution >= 0.6 is 0 Å². The number of aromatic carboxylic acids is 1. The van der Waals surface area contributed by atoms with E-state index < -0.39 is 11.9 Å². The first kappa shape index (κ1) is 13.5. The molecule has 0 saturated heterocycles. The van der Waals surface area contributed by atoms with Gasteiger partial charge in [0.05, 0.1) is 11.8 Å². The number of H-pyrrole nitrogens is 1. The van der Waals surface area contributed by atoms with Gasteiger partial charge in [-0.3, -0.25) is 14.7 Å². The van der Waals surface area contributed by atoms with Gasteiger partial charge in [-0.25, -0.2) is 4.79 Å². The first-order valence-electron chi connectivity index (χ1n) is 5.68. The maximum Gasteiger partial charge on any atom is 0.341 e. The number of nitrogens with zero attached hydrogens (tertiary/aromatic N) is 1. The summed E-state index contributed by atoms with van der Waals surface area (Å²) in [6.45, 7) is 1.35. The van der Waals surface area contributed by atoms with Gasteiger partial charge < -0.3 is 10.4 Å². The van der Waals surface area contributed by atoms with Crippen LogP contribution in [0.15, 0.2) is 30.5 Å². The standard InChI is InChI=1S/C13H11N3O4/c1-7(17)8-4-2-3-5-9(8)12(18)15-11-10(13(19)20)6-14-16-11/h2-6H,1H3,(H,19,20)(H2,14,15,16,18). The number of carboxylic acid groups (broad SMARTS) is 1. The van der Waals surface area contributed by atoms with Crippen LogP contribution < -0.4 is 5.32 Å². The Hall–Kier alpha value is -2.96. The summed E-state index contributed by atoms with van der Waals surface area (Å²) in [7, 11) is 0. The molecule has 0 fully saturated rings. The fourth-order valence-corrected chi connectivity index (χ4v) is 1.71. The highest BCUT2D eigenvalue weighted by Gasteiger charge is 2.18. The zero-order valence-corrected chi connectivity index (χ0v) is 10.5. The lowest BCUT2D eigenvalue weighted by Gasteiger charge is -2.07. The lowest BCUT2D eigenvalue weighted by Crippen LogP contribution is -2.17. The number of rotatable bonds is 4. The topological polar surface area (TPSA) is 112 Å². The SMILES string of the molecule is CC(=O)c1ccccc1C(=O)Nc1[nH]ncc1C(=O)O. The molecule has 0 spiro atoms. The van der Waals surface area contributed by atoms with Crippen molar-refractivity contribution in [2.24, 2.45) is 0 Å². The summed E-state index contributed by atoms with van der Waals surface area (Å²) >= 11 is 0. The minimum Gasteiger partial charge on any atom is -0.477 e. The number of carbonyl (C=O) groups is 3. The molecule has 7 nitrogen and oxygen atoms in total. The van der Waals surface area contributed by atoms with Crippen LogP contribution in [0.1, 0.15) is 38.0 Å². The number of carbonyl (C=O) groups excluding carboxylic acids is 2. The van der Waals surface area contributed by atoms with Crippen LogP contribution in [-0.2, 0) is 0 Å². The molecule has 2 rings (SSSR count). The summed E-state index contributed by atoms with van der Waals surface area (Å²) in [6, 6.07) is 6.28. The van der Waals surface area contributed by atoms with Gasteiger partial charge in [-0.15, -0.1) is 0 Å². The maximum atomic E-state index is 12.1. The number of hydrogen-bond donors (Lipinski definition) is 3. The van der Waals surface area contributed by atoms with Gasteiger partial charge in [-0.1, -0.05) is 18.2 Å². The van der Waals surface area contributed by atoms with Crippen LogP contribution in [0.5, 0.6) is 0 Å². The molecule has 1 aromatic carbocycles. The van der Waals surface area contributed by atoms with E-state index in [-0.39, 0.29) is 28.3 Å². The summed E-state index contributed by atoms with van der Waals surface area (Å²) < 4.78 is 0. The number of ketones is 1. The van der Waals surface area contributed by atoms with Crippen molar-refractivity contribution in [2.45, 2.75) is 6.92 Å². The predicted molar refractivity (Wildman–Crippen MR) is 69.9 cm³/mol. The molecule has 102 valence electrons. The van der Waals surface area contributed by atoms with Gasteiger partial charge in [0.25, 0.3) is 5.91 Å². The molecule has 1 heterocycles. The maximum absolute atomic E-state index is 12.1. The number of anilines is 1. The smallest absolute Gasteiger partial charge is 0.341 e. The monoisotopic (exact) mass is 273 g/mol. The van der Waals surface area contributed by atoms with Gasteiger partial charge in [0.1, 0.15) is 11.4 Å². The number of Topliss-reactive ketones (excluding diaryl/α,β-unsaturated/α-hetero) is 1. The van der Waals surface area contributed by atoms with Crippen LogP contribution in [0.3, 0.4) is 0 Å². The molecule has 1 aromatic heterocycles. The number of carboxylic acids is 1. The average molecular weight is 273 g/mol. The molecule has 0 saturated carbocycles. The first-order valence-corrected chi connectivity index (χ1v) is 5.68. The summed E-state index contributed by atoms with van der Waals surface area (Å²) in [5.41, 5.74) is 0.283. The summed E-state index contributed by atoms with van der Waals surface area (Å²) in [5, 5.41) is 17.3. The van der Waals surface area contributed by atoms with E-state index in [1.165, 1.54) is 19.1 Å². The van der Waals surface area contributed by atoms with Crippen LogP contribution in [0.25, 0.3) is 0 Å². The Bertz CT molecular complexity index is 690. The number of benzene rings is 1. The Kier molecular flexibility index (Phi) is 3.60. The molecule has 3 N–H and O–H groups in total. The van der Waals surface area contributed by atoms with E-state index in [1.54, 1.807) is 12.1 Å². The molecule has 0 radical (unpaired) electrons. The highest BCUT2D eigenvalue weighted by molar-refractivity contribution is 6.13. The molecule has 7 heteroatoms. The van der Waals surface area contributed by atoms with E-state index in [0.717, 1.165) is 6.20 Å². The second-order valence-electron chi connectivity index (χ2n) is 4.02. The number of aromatic amines is 1. The van der Waals surface area contributed by atoms with Crippen molar-refractivity contribution in [1.82, 2.24) is 10.2 Å². The Morgan fingerprint density at radius 3 is 2.40 bits per heavy atom. The molecule has 0 aliphatic heterocycles. The third kappa shape index (κ3) is 2.56. The van der Waals surface area contributed by atoms with Crippen molar-refractivity contribution >= 4 is 23.5 Å². The fourth-order valence-electron chi connectivity index (χ4n) is 1.71. The van der Waals surface area contributed by atoms with Gasteiger partial charge in [0, 0.05) is 5.56 Å². The summed E-state index contributed by atoms with van der Waals surface area (Å²) in [6.07, 6.45) is 1.09. The summed E-state index contributed by atoms with van der Waals surface area (Å²) in [4.78, 5) is 34.5. The third-order valence-corrected chi connectivity index (χ3v) is 2.66. The number of amides is 1. The highest BCUT2D eigenvalue weighted by atomic mass is 16.4. The van der Waals surface area contributed by atoms with Gasteiger partial charge in [-0.2, -0.15) is 5.10 Å². The predicted octanol–water partition coefficient (Wildman–Crippen LogP) is 1.56. The second kappa shape index (κ2) is 5.35. The third-order valence-electron chi connectivity index (χ3n) is 2.66. The molecule has 0 bridgehead atoms. The number of hydrogen-bond acceptors (Lipinski definition) is 4. The normalized spacial score (nSPS) is 10.1. The molecule has 0 aliphatic rings. The van der Waals surface area contributed by atoms with E-state index in [0.29, 0.717) is 0 Å². The van der Waals surface area contributed by atoms with Gasteiger partial charge in [-0.05, 0) is 13.0 Å². The van der Waals surface area contributed by atoms with E-state index in [4.69, 9.17) is 5.11 Å². The van der Waals surface area contributed by atoms with Crippen LogP contribution in [-0.4, -0.2) is 33.0 Å². The Morgan fingerprint density at radius 1 is 1.15 bits per heavy atom. The lowest BCUT2D eigenvalue weighted by molar-refractivity contribution is 0.0698. The van der Waals surface area contributed by atoms with Crippen LogP contribution in [0, 0.1) is 0 Å². The van der Waals surface area contributed by atoms with Crippen molar-refractivity contribution in [2.75, 3.05) is 5.32 Å². The van der Waals surface area contributed by atoms with E-state index in [2.05, 4.69) is 15.5 Å². The lowest BCUT2D eigenvalue weighted by atomic mass is 10.0. The molecule has 20 heavy (non-hydrogen) atoms. The Labute approximate surface area is 113 Å². The summed E-state index contributed by atoms with van der Waals surface area (Å²) in [5.74, 6) is -2.07. The molecule has 1 amide bonds. The highest BCUT2D eigenvalue weighted by Crippen LogP contribution is 2.15. The molecule has 0 atom stereocenters. The number of aromatic nitrogens is 2. The van der Waals surface area contributed by atoms with Gasteiger partial charge in [0.2, 0.25) is 0 Å². The van der Waals surface area contributed by atoms with Crippen molar-refractivity contribution in [3.63, 3.8) is 0 Å². The Morgan fingerprint density at radius 2 is 1.80 bits per heavy atom. The van der Waals surface area contributed by atoms with E-state index in [1.807, 2.05) is 0 Å². The van der Waals surface area contributed by atoms with Crippen LogP contribution in [0.4, 0.5) is 5.82 Å². The molecule has 0 aliphatic carbocycles. The van der Waals surface area contributed by atoms with E-state index in [9.17, 15) is 14.4 Å². The fraction of sp³-hybridized carbons (Fsp3) is 0.0769. The minimum atomic E-state index is -1.21. The zero-order chi connectivity index (χ0) is 14.7. The zero-order valence-electron chi connectivity index (χ0n) is 10.5. The largest absolute Gasteiger partial charge is 0.477 e. The van der Waals surface area contributed by atoms with Crippen molar-refractivity contribution in [1.29, 1.82) is 0 Å². The first-order chi connectivity index (χ1) is 9.50. The van der Waals surface area contributed by atoms with Crippen LogP contribution in [0.2, 0.25) is 0 Å². The molecular formula is C13H11N3O4. The van der Waals surface area contributed by atoms with E-state index >= 15 is 0 Å². The average Bonchev–Trinajstić information content (AvgIpc) is 2.87. The van der Waals surface area contributed by atoms with Gasteiger partial charge in [0.15, 0.2) is 5.78 Å². The molecule has 0 unspecified atom stereocenters. The molecular weight excluding hydrogens is 262 g/mol. The van der Waals surface area contributed by atoms with Crippen molar-refractivity contribution < 1.29 is 19.5 Å².